The summed E-state index contributed by atoms with van der Waals surface area (Å²) in [6, 6.07) is -0.749. The van der Waals surface area contributed by atoms with E-state index in [-0.39, 0.29) is 12.4 Å². The molecule has 0 saturated heterocycles. The minimum Gasteiger partial charge on any atom is -0.481 e. The van der Waals surface area contributed by atoms with Gasteiger partial charge >= 0.3 is 12.0 Å². The normalized spacial score (nSPS) is 11.1. The van der Waals surface area contributed by atoms with E-state index in [2.05, 4.69) is 9.97 Å². The molecule has 0 unspecified atom stereocenters. The number of anilines is 1. The van der Waals surface area contributed by atoms with Gasteiger partial charge in [-0.15, -0.1) is 0 Å². The van der Waals surface area contributed by atoms with Gasteiger partial charge in [0, 0.05) is 12.4 Å². The van der Waals surface area contributed by atoms with Crippen LogP contribution >= 0.6 is 0 Å². The van der Waals surface area contributed by atoms with Crippen molar-refractivity contribution in [3.8, 4) is 0 Å². The zero-order chi connectivity index (χ0) is 12.3. The molecule has 0 aliphatic rings. The number of carboxylic acids is 1. The molecule has 1 heterocycles. The number of nitrogens with one attached hydrogen (secondary N) is 1. The van der Waals surface area contributed by atoms with Gasteiger partial charge in [-0.25, -0.2) is 9.78 Å². The molecule has 0 aliphatic carbocycles. The number of nitrogens with two attached hydrogens (primary N) is 1. The summed E-state index contributed by atoms with van der Waals surface area (Å²) >= 11 is 0. The highest BCUT2D eigenvalue weighted by Crippen LogP contribution is 2.23. The maximum atomic E-state index is 11.3. The van der Waals surface area contributed by atoms with Crippen molar-refractivity contribution in [3.05, 3.63) is 12.4 Å². The Kier molecular flexibility index (Phi) is 3.17. The molecule has 0 saturated carbocycles. The molecule has 2 amide bonds. The number of aromatic nitrogens is 2. The highest BCUT2D eigenvalue weighted by atomic mass is 16.4. The number of primary amides is 1. The van der Waals surface area contributed by atoms with Gasteiger partial charge in [0.05, 0.1) is 12.0 Å². The Bertz CT molecular complexity index is 385. The average molecular weight is 226 g/mol. The van der Waals surface area contributed by atoms with Gasteiger partial charge < -0.3 is 15.8 Å². The fourth-order valence-corrected chi connectivity index (χ4v) is 1.52. The molecule has 0 spiro atoms. The first kappa shape index (κ1) is 12.0. The van der Waals surface area contributed by atoms with Crippen LogP contribution in [0.5, 0.6) is 0 Å². The molecule has 88 valence electrons. The Labute approximate surface area is 92.3 Å². The van der Waals surface area contributed by atoms with Gasteiger partial charge in [-0.3, -0.25) is 9.69 Å². The first-order chi connectivity index (χ1) is 7.34. The van der Waals surface area contributed by atoms with Crippen molar-refractivity contribution < 1.29 is 14.7 Å². The zero-order valence-corrected chi connectivity index (χ0v) is 9.10. The van der Waals surface area contributed by atoms with E-state index < -0.39 is 17.5 Å². The number of H-pyrrole nitrogens is 1. The number of carbonyl (C=O) groups excluding carboxylic acids is 1. The maximum Gasteiger partial charge on any atom is 0.322 e. The Balaban J connectivity index is 3.03. The third kappa shape index (κ3) is 2.50. The van der Waals surface area contributed by atoms with Crippen molar-refractivity contribution in [2.24, 2.45) is 5.73 Å². The van der Waals surface area contributed by atoms with Crippen LogP contribution in [0, 0.1) is 0 Å². The SMILES string of the molecule is CC(C)(CC(=O)O)N(C(N)=O)c1ncc[nH]1. The number of hydrogen-bond donors (Lipinski definition) is 3. The first-order valence-corrected chi connectivity index (χ1v) is 4.65. The lowest BCUT2D eigenvalue weighted by Gasteiger charge is -2.34. The summed E-state index contributed by atoms with van der Waals surface area (Å²) in [5.41, 5.74) is 4.27. The van der Waals surface area contributed by atoms with Crippen LogP contribution in [0.3, 0.4) is 0 Å². The molecule has 0 atom stereocenters. The highest BCUT2D eigenvalue weighted by Gasteiger charge is 2.34. The summed E-state index contributed by atoms with van der Waals surface area (Å²) in [6.07, 6.45) is 2.76. The third-order valence-electron chi connectivity index (χ3n) is 2.11. The largest absolute Gasteiger partial charge is 0.481 e. The van der Waals surface area contributed by atoms with Gasteiger partial charge in [0.25, 0.3) is 0 Å². The molecule has 0 bridgehead atoms. The van der Waals surface area contributed by atoms with Gasteiger partial charge in [0.1, 0.15) is 0 Å². The molecule has 0 aliphatic heterocycles. The van der Waals surface area contributed by atoms with Crippen molar-refractivity contribution >= 4 is 17.9 Å². The zero-order valence-electron chi connectivity index (χ0n) is 9.10. The molecule has 1 rings (SSSR count). The van der Waals surface area contributed by atoms with Crippen molar-refractivity contribution in [2.45, 2.75) is 25.8 Å². The van der Waals surface area contributed by atoms with Crippen LogP contribution in [0.1, 0.15) is 20.3 Å². The summed E-state index contributed by atoms with van der Waals surface area (Å²) in [5, 5.41) is 8.77. The quantitative estimate of drug-likeness (QED) is 0.695. The van der Waals surface area contributed by atoms with Crippen LogP contribution in [0.2, 0.25) is 0 Å². The minimum absolute atomic E-state index is 0.226. The van der Waals surface area contributed by atoms with Gasteiger partial charge in [0.15, 0.2) is 0 Å². The lowest BCUT2D eigenvalue weighted by Crippen LogP contribution is -2.52. The smallest absolute Gasteiger partial charge is 0.322 e. The molecule has 1 aromatic rings. The van der Waals surface area contributed by atoms with Crippen LogP contribution in [0.15, 0.2) is 12.4 Å². The number of nitrogens with zero attached hydrogens (tertiary/aromatic N) is 2. The van der Waals surface area contributed by atoms with Crippen LogP contribution in [0.25, 0.3) is 0 Å². The van der Waals surface area contributed by atoms with E-state index in [0.717, 1.165) is 4.90 Å². The van der Waals surface area contributed by atoms with Crippen molar-refractivity contribution in [1.82, 2.24) is 9.97 Å². The number of hydrogen-bond acceptors (Lipinski definition) is 3. The lowest BCUT2D eigenvalue weighted by molar-refractivity contribution is -0.138. The van der Waals surface area contributed by atoms with Gasteiger partial charge in [-0.1, -0.05) is 0 Å². The van der Waals surface area contributed by atoms with E-state index in [1.807, 2.05) is 0 Å². The number of rotatable bonds is 4. The molecule has 0 radical (unpaired) electrons. The molecule has 4 N–H and O–H groups in total. The second kappa shape index (κ2) is 4.21. The third-order valence-corrected chi connectivity index (χ3v) is 2.11. The van der Waals surface area contributed by atoms with Gasteiger partial charge in [-0.05, 0) is 13.8 Å². The lowest BCUT2D eigenvalue weighted by atomic mass is 9.99. The second-order valence-electron chi connectivity index (χ2n) is 3.97. The molecule has 1 aromatic heterocycles. The summed E-state index contributed by atoms with van der Waals surface area (Å²) in [7, 11) is 0. The number of carbonyl (C=O) groups is 2. The number of aliphatic carboxylic acids is 1. The van der Waals surface area contributed by atoms with E-state index in [1.54, 1.807) is 13.8 Å². The molecule has 0 fully saturated rings. The van der Waals surface area contributed by atoms with Crippen LogP contribution in [-0.4, -0.2) is 32.6 Å². The van der Waals surface area contributed by atoms with Gasteiger partial charge in [0.2, 0.25) is 5.95 Å². The standard InChI is InChI=1S/C9H14N4O3/c1-9(2,5-6(14)15)13(7(10)16)8-11-3-4-12-8/h3-4H,5H2,1-2H3,(H2,10,16)(H,11,12)(H,14,15). The summed E-state index contributed by atoms with van der Waals surface area (Å²) in [6.45, 7) is 3.21. The Hall–Kier alpha value is -2.05. The number of imidazole rings is 1. The molecular weight excluding hydrogens is 212 g/mol. The van der Waals surface area contributed by atoms with Crippen molar-refractivity contribution in [3.63, 3.8) is 0 Å². The van der Waals surface area contributed by atoms with E-state index >= 15 is 0 Å². The van der Waals surface area contributed by atoms with Crippen LogP contribution < -0.4 is 10.6 Å². The van der Waals surface area contributed by atoms with Gasteiger partial charge in [-0.2, -0.15) is 0 Å². The minimum atomic E-state index is -1.01. The number of urea groups is 1. The van der Waals surface area contributed by atoms with Crippen LogP contribution in [-0.2, 0) is 4.79 Å². The maximum absolute atomic E-state index is 11.3. The number of aromatic amines is 1. The predicted octanol–water partition coefficient (Wildman–Crippen LogP) is 0.548. The monoisotopic (exact) mass is 226 g/mol. The molecule has 0 aromatic carbocycles. The fourth-order valence-electron chi connectivity index (χ4n) is 1.52. The molecule has 7 nitrogen and oxygen atoms in total. The molecule has 16 heavy (non-hydrogen) atoms. The van der Waals surface area contributed by atoms with E-state index in [4.69, 9.17) is 10.8 Å². The Morgan fingerprint density at radius 1 is 1.62 bits per heavy atom. The van der Waals surface area contributed by atoms with E-state index in [1.165, 1.54) is 12.4 Å². The Morgan fingerprint density at radius 3 is 2.62 bits per heavy atom. The van der Waals surface area contributed by atoms with Crippen molar-refractivity contribution in [1.29, 1.82) is 0 Å². The summed E-state index contributed by atoms with van der Waals surface area (Å²) in [5.74, 6) is -0.776. The molecular formula is C9H14N4O3. The van der Waals surface area contributed by atoms with Crippen molar-refractivity contribution in [2.75, 3.05) is 4.90 Å². The highest BCUT2D eigenvalue weighted by molar-refractivity contribution is 5.91. The van der Waals surface area contributed by atoms with E-state index in [9.17, 15) is 9.59 Å². The second-order valence-corrected chi connectivity index (χ2v) is 3.97. The first-order valence-electron chi connectivity index (χ1n) is 4.65. The molecule has 7 heteroatoms. The summed E-state index contributed by atoms with van der Waals surface area (Å²) < 4.78 is 0. The van der Waals surface area contributed by atoms with E-state index in [0.29, 0.717) is 0 Å². The van der Waals surface area contributed by atoms with Crippen LogP contribution in [0.4, 0.5) is 10.7 Å². The fraction of sp³-hybridized carbons (Fsp3) is 0.444. The Morgan fingerprint density at radius 2 is 2.25 bits per heavy atom. The predicted molar refractivity (Wildman–Crippen MR) is 57.0 cm³/mol. The topological polar surface area (TPSA) is 112 Å². The number of amides is 2. The number of carboxylic acid groups (broad SMARTS) is 1. The average Bonchev–Trinajstić information content (AvgIpc) is 2.52. The summed E-state index contributed by atoms with van der Waals surface area (Å²) in [4.78, 5) is 29.8.